The van der Waals surface area contributed by atoms with Crippen LogP contribution < -0.4 is 5.32 Å². The Kier molecular flexibility index (Phi) is 7.23. The summed E-state index contributed by atoms with van der Waals surface area (Å²) in [5.41, 5.74) is 2.78. The average Bonchev–Trinajstić information content (AvgIpc) is 2.65. The molecule has 6 heteroatoms. The number of halogens is 4. The summed E-state index contributed by atoms with van der Waals surface area (Å²) in [6.07, 6.45) is -0.143. The molecule has 2 nitrogen and oxygen atoms in total. The lowest BCUT2D eigenvalue weighted by Gasteiger charge is -2.24. The summed E-state index contributed by atoms with van der Waals surface area (Å²) < 4.78 is 1.99. The van der Waals surface area contributed by atoms with E-state index in [1.165, 1.54) is 0 Å². The van der Waals surface area contributed by atoms with E-state index >= 15 is 0 Å². The van der Waals surface area contributed by atoms with Gasteiger partial charge in [0.1, 0.15) is 0 Å². The van der Waals surface area contributed by atoms with Crippen molar-refractivity contribution in [3.8, 4) is 0 Å². The Morgan fingerprint density at radius 1 is 0.778 bits per heavy atom. The minimum Gasteiger partial charge on any atom is -0.388 e. The molecule has 0 heterocycles. The van der Waals surface area contributed by atoms with Gasteiger partial charge in [-0.1, -0.05) is 73.3 Å². The number of anilines is 1. The van der Waals surface area contributed by atoms with Gasteiger partial charge < -0.3 is 10.4 Å². The summed E-state index contributed by atoms with van der Waals surface area (Å²) in [4.78, 5) is 0. The number of rotatable bonds is 6. The second kappa shape index (κ2) is 9.44. The summed E-state index contributed by atoms with van der Waals surface area (Å²) in [5, 5.41) is 15.3. The molecule has 140 valence electrons. The Morgan fingerprint density at radius 2 is 1.33 bits per heavy atom. The summed E-state index contributed by atoms with van der Waals surface area (Å²) in [5.74, 6) is 0. The second-order valence-electron chi connectivity index (χ2n) is 6.18. The third-order valence-corrected chi connectivity index (χ3v) is 6.04. The predicted octanol–water partition coefficient (Wildman–Crippen LogP) is 7.80. The topological polar surface area (TPSA) is 32.3 Å². The molecule has 0 fully saturated rings. The minimum atomic E-state index is -0.625. The number of aliphatic hydroxyl groups excluding tert-OH is 1. The molecule has 0 spiro atoms. The van der Waals surface area contributed by atoms with Gasteiger partial charge in [-0.05, 0) is 59.7 Å². The van der Waals surface area contributed by atoms with Gasteiger partial charge in [-0.15, -0.1) is 0 Å². The van der Waals surface area contributed by atoms with Crippen molar-refractivity contribution in [2.24, 2.45) is 0 Å². The smallest absolute Gasteiger partial charge is 0.0813 e. The summed E-state index contributed by atoms with van der Waals surface area (Å²) in [6, 6.07) is 21.0. The van der Waals surface area contributed by atoms with Crippen molar-refractivity contribution in [3.63, 3.8) is 0 Å². The molecule has 0 saturated carbocycles. The van der Waals surface area contributed by atoms with Gasteiger partial charge in [-0.3, -0.25) is 0 Å². The Bertz CT molecular complexity index is 901. The van der Waals surface area contributed by atoms with Gasteiger partial charge >= 0.3 is 0 Å². The van der Waals surface area contributed by atoms with E-state index in [9.17, 15) is 5.11 Å². The largest absolute Gasteiger partial charge is 0.388 e. The minimum absolute atomic E-state index is 0.139. The first-order valence-corrected chi connectivity index (χ1v) is 10.7. The van der Waals surface area contributed by atoms with E-state index in [-0.39, 0.29) is 6.04 Å². The highest BCUT2D eigenvalue weighted by Gasteiger charge is 2.19. The number of aliphatic hydroxyl groups is 1. The van der Waals surface area contributed by atoms with Crippen LogP contribution in [0.5, 0.6) is 0 Å². The van der Waals surface area contributed by atoms with Crippen LogP contribution in [0.2, 0.25) is 10.0 Å². The van der Waals surface area contributed by atoms with E-state index in [2.05, 4.69) is 37.2 Å². The van der Waals surface area contributed by atoms with Crippen LogP contribution in [0.1, 0.15) is 29.7 Å². The van der Waals surface area contributed by atoms with Gasteiger partial charge in [0.05, 0.1) is 22.2 Å². The number of hydrogen-bond donors (Lipinski definition) is 2. The molecule has 3 aromatic rings. The van der Waals surface area contributed by atoms with Crippen LogP contribution in [0.15, 0.2) is 75.7 Å². The van der Waals surface area contributed by atoms with E-state index in [0.29, 0.717) is 16.5 Å². The molecule has 0 aliphatic carbocycles. The fraction of sp³-hybridized carbons (Fsp3) is 0.143. The van der Waals surface area contributed by atoms with E-state index in [4.69, 9.17) is 23.2 Å². The maximum Gasteiger partial charge on any atom is 0.0813 e. The first-order valence-electron chi connectivity index (χ1n) is 8.33. The molecule has 2 N–H and O–H groups in total. The zero-order valence-corrected chi connectivity index (χ0v) is 18.9. The number of nitrogens with one attached hydrogen (secondary N) is 1. The van der Waals surface area contributed by atoms with E-state index in [0.717, 1.165) is 25.8 Å². The quantitative estimate of drug-likeness (QED) is 0.341. The maximum atomic E-state index is 10.8. The first kappa shape index (κ1) is 20.7. The predicted molar refractivity (Wildman–Crippen MR) is 121 cm³/mol. The second-order valence-corrected chi connectivity index (χ2v) is 8.83. The van der Waals surface area contributed by atoms with Crippen LogP contribution in [0.3, 0.4) is 0 Å². The van der Waals surface area contributed by atoms with Crippen LogP contribution in [0.4, 0.5) is 5.69 Å². The molecule has 3 aromatic carbocycles. The number of hydrogen-bond acceptors (Lipinski definition) is 2. The molecule has 0 aliphatic rings. The standard InChI is InChI=1S/C21H17Br2Cl2NO/c22-15-4-1-13(2-5-15)21(27)12-20(14-3-10-18(24)19(25)11-14)26-17-8-6-16(23)7-9-17/h1-11,20-21,26-27H,12H2. The van der Waals surface area contributed by atoms with Crippen LogP contribution in [0.25, 0.3) is 0 Å². The summed E-state index contributed by atoms with van der Waals surface area (Å²) in [7, 11) is 0. The fourth-order valence-corrected chi connectivity index (χ4v) is 3.63. The van der Waals surface area contributed by atoms with Crippen molar-refractivity contribution < 1.29 is 5.11 Å². The highest BCUT2D eigenvalue weighted by molar-refractivity contribution is 9.10. The van der Waals surface area contributed by atoms with Gasteiger partial charge in [0, 0.05) is 21.1 Å². The van der Waals surface area contributed by atoms with Crippen LogP contribution in [-0.4, -0.2) is 5.11 Å². The Morgan fingerprint density at radius 3 is 1.93 bits per heavy atom. The maximum absolute atomic E-state index is 10.8. The van der Waals surface area contributed by atoms with Crippen molar-refractivity contribution in [1.29, 1.82) is 0 Å². The highest BCUT2D eigenvalue weighted by Crippen LogP contribution is 2.33. The third kappa shape index (κ3) is 5.72. The molecule has 0 radical (unpaired) electrons. The Labute approximate surface area is 185 Å². The zero-order valence-electron chi connectivity index (χ0n) is 14.2. The van der Waals surface area contributed by atoms with Crippen molar-refractivity contribution in [3.05, 3.63) is 96.8 Å². The molecule has 0 aromatic heterocycles. The van der Waals surface area contributed by atoms with E-state index in [1.54, 1.807) is 6.07 Å². The normalized spacial score (nSPS) is 13.2. The molecule has 3 rings (SSSR count). The molecule has 0 bridgehead atoms. The molecule has 0 amide bonds. The summed E-state index contributed by atoms with van der Waals surface area (Å²) >= 11 is 19.2. The fourth-order valence-electron chi connectivity index (χ4n) is 2.80. The third-order valence-electron chi connectivity index (χ3n) is 4.24. The van der Waals surface area contributed by atoms with Crippen LogP contribution in [0, 0.1) is 0 Å². The van der Waals surface area contributed by atoms with Crippen LogP contribution >= 0.6 is 55.1 Å². The van der Waals surface area contributed by atoms with Gasteiger partial charge in [0.25, 0.3) is 0 Å². The molecular formula is C21H17Br2Cl2NO. The molecule has 0 saturated heterocycles. The average molecular weight is 530 g/mol. The zero-order chi connectivity index (χ0) is 19.4. The Hall–Kier alpha value is -1.04. The molecular weight excluding hydrogens is 513 g/mol. The van der Waals surface area contributed by atoms with Crippen molar-refractivity contribution >= 4 is 60.7 Å². The SMILES string of the molecule is OC(CC(Nc1ccc(Br)cc1)c1ccc(Cl)c(Cl)c1)c1ccc(Br)cc1. The number of benzene rings is 3. The molecule has 27 heavy (non-hydrogen) atoms. The monoisotopic (exact) mass is 527 g/mol. The molecule has 2 atom stereocenters. The lowest BCUT2D eigenvalue weighted by atomic mass is 9.96. The van der Waals surface area contributed by atoms with E-state index in [1.807, 2.05) is 60.7 Å². The highest BCUT2D eigenvalue weighted by atomic mass is 79.9. The van der Waals surface area contributed by atoms with Crippen LogP contribution in [-0.2, 0) is 0 Å². The lowest BCUT2D eigenvalue weighted by molar-refractivity contribution is 0.160. The van der Waals surface area contributed by atoms with Gasteiger partial charge in [0.2, 0.25) is 0 Å². The van der Waals surface area contributed by atoms with Crippen molar-refractivity contribution in [2.45, 2.75) is 18.6 Å². The van der Waals surface area contributed by atoms with Gasteiger partial charge in [0.15, 0.2) is 0 Å². The first-order chi connectivity index (χ1) is 12.9. The molecule has 0 aliphatic heterocycles. The lowest BCUT2D eigenvalue weighted by Crippen LogP contribution is -2.15. The summed E-state index contributed by atoms with van der Waals surface area (Å²) in [6.45, 7) is 0. The van der Waals surface area contributed by atoms with Gasteiger partial charge in [-0.2, -0.15) is 0 Å². The van der Waals surface area contributed by atoms with Crippen molar-refractivity contribution in [2.75, 3.05) is 5.32 Å². The Balaban J connectivity index is 1.87. The molecule has 2 unspecified atom stereocenters. The van der Waals surface area contributed by atoms with E-state index < -0.39 is 6.10 Å². The van der Waals surface area contributed by atoms with Crippen molar-refractivity contribution in [1.82, 2.24) is 0 Å². The van der Waals surface area contributed by atoms with Gasteiger partial charge in [-0.25, -0.2) is 0 Å².